The van der Waals surface area contributed by atoms with Crippen molar-refractivity contribution in [1.82, 2.24) is 4.98 Å². The average molecular weight is 316 g/mol. The zero-order chi connectivity index (χ0) is 17.0. The van der Waals surface area contributed by atoms with Crippen molar-refractivity contribution in [2.75, 3.05) is 12.4 Å². The van der Waals surface area contributed by atoms with Crippen LogP contribution >= 0.6 is 0 Å². The van der Waals surface area contributed by atoms with Gasteiger partial charge in [0.1, 0.15) is 5.60 Å². The van der Waals surface area contributed by atoms with Crippen molar-refractivity contribution in [2.45, 2.75) is 26.4 Å². The molecule has 0 unspecified atom stereocenters. The quantitative estimate of drug-likeness (QED) is 0.668. The van der Waals surface area contributed by atoms with Gasteiger partial charge in [-0.15, -0.1) is 0 Å². The number of aromatic nitrogens is 1. The van der Waals surface area contributed by atoms with Gasteiger partial charge in [-0.25, -0.2) is 9.59 Å². The highest BCUT2D eigenvalue weighted by Crippen LogP contribution is 2.21. The number of aromatic amines is 1. The summed E-state index contributed by atoms with van der Waals surface area (Å²) in [7, 11) is 1.33. The summed E-state index contributed by atoms with van der Waals surface area (Å²) in [6.07, 6.45) is 2.47. The van der Waals surface area contributed by atoms with Crippen LogP contribution in [0.4, 0.5) is 10.5 Å². The summed E-state index contributed by atoms with van der Waals surface area (Å²) in [5.74, 6) is -0.420. The Morgan fingerprint density at radius 1 is 1.22 bits per heavy atom. The maximum Gasteiger partial charge on any atom is 0.412 e. The molecule has 0 bridgehead atoms. The van der Waals surface area contributed by atoms with Gasteiger partial charge in [0, 0.05) is 28.4 Å². The molecule has 0 radical (unpaired) electrons. The first-order chi connectivity index (χ1) is 10.8. The highest BCUT2D eigenvalue weighted by atomic mass is 16.6. The van der Waals surface area contributed by atoms with Crippen LogP contribution in [-0.4, -0.2) is 29.8 Å². The smallest absolute Gasteiger partial charge is 0.412 e. The topological polar surface area (TPSA) is 80.4 Å². The van der Waals surface area contributed by atoms with Gasteiger partial charge in [-0.2, -0.15) is 0 Å². The third-order valence-electron chi connectivity index (χ3n) is 2.89. The van der Waals surface area contributed by atoms with Crippen LogP contribution in [0, 0.1) is 0 Å². The molecule has 1 heterocycles. The van der Waals surface area contributed by atoms with Crippen LogP contribution in [0.15, 0.2) is 30.3 Å². The van der Waals surface area contributed by atoms with E-state index in [4.69, 9.17) is 4.74 Å². The number of carbonyl (C=O) groups is 2. The van der Waals surface area contributed by atoms with Crippen LogP contribution < -0.4 is 5.32 Å². The molecule has 0 atom stereocenters. The zero-order valence-electron chi connectivity index (χ0n) is 13.6. The number of esters is 1. The van der Waals surface area contributed by atoms with Crippen LogP contribution in [-0.2, 0) is 14.3 Å². The van der Waals surface area contributed by atoms with E-state index in [9.17, 15) is 9.59 Å². The average Bonchev–Trinajstić information content (AvgIpc) is 2.84. The Bertz CT molecular complexity index is 754. The molecule has 1 aromatic heterocycles. The molecule has 0 aliphatic rings. The minimum atomic E-state index is -0.548. The number of fused-ring (bicyclic) bond motifs is 1. The van der Waals surface area contributed by atoms with E-state index in [0.717, 1.165) is 16.6 Å². The molecule has 6 nitrogen and oxygen atoms in total. The van der Waals surface area contributed by atoms with Crippen LogP contribution in [0.1, 0.15) is 26.5 Å². The van der Waals surface area contributed by atoms with Gasteiger partial charge < -0.3 is 14.5 Å². The molecule has 122 valence electrons. The monoisotopic (exact) mass is 316 g/mol. The molecular formula is C17H20N2O4. The van der Waals surface area contributed by atoms with Crippen LogP contribution in [0.5, 0.6) is 0 Å². The van der Waals surface area contributed by atoms with Gasteiger partial charge in [0.2, 0.25) is 0 Å². The number of rotatable bonds is 3. The fourth-order valence-corrected chi connectivity index (χ4v) is 1.97. The van der Waals surface area contributed by atoms with E-state index in [-0.39, 0.29) is 0 Å². The number of benzene rings is 1. The first-order valence-corrected chi connectivity index (χ1v) is 7.15. The number of amides is 1. The number of nitrogens with one attached hydrogen (secondary N) is 2. The maximum absolute atomic E-state index is 11.8. The third kappa shape index (κ3) is 4.88. The number of methoxy groups -OCH3 is 1. The van der Waals surface area contributed by atoms with Crippen molar-refractivity contribution in [1.29, 1.82) is 0 Å². The van der Waals surface area contributed by atoms with Crippen LogP contribution in [0.3, 0.4) is 0 Å². The van der Waals surface area contributed by atoms with Gasteiger partial charge in [0.25, 0.3) is 0 Å². The van der Waals surface area contributed by atoms with Gasteiger partial charge in [-0.3, -0.25) is 5.32 Å². The van der Waals surface area contributed by atoms with E-state index in [0.29, 0.717) is 5.69 Å². The summed E-state index contributed by atoms with van der Waals surface area (Å²) in [6.45, 7) is 5.42. The van der Waals surface area contributed by atoms with Crippen molar-refractivity contribution in [3.05, 3.63) is 36.0 Å². The summed E-state index contributed by atoms with van der Waals surface area (Å²) in [6, 6.07) is 7.31. The summed E-state index contributed by atoms with van der Waals surface area (Å²) >= 11 is 0. The second-order valence-corrected chi connectivity index (χ2v) is 6.01. The second-order valence-electron chi connectivity index (χ2n) is 6.01. The molecule has 0 saturated heterocycles. The standard InChI is InChI=1S/C17H20N2O4/c1-17(2,3)23-16(21)19-13-5-7-14-11(10-13)9-12(18-14)6-8-15(20)22-4/h5-10,18H,1-4H3,(H,19,21). The molecule has 0 aliphatic carbocycles. The molecule has 0 fully saturated rings. The molecule has 0 spiro atoms. The predicted molar refractivity (Wildman–Crippen MR) is 89.2 cm³/mol. The minimum absolute atomic E-state index is 0.420. The van der Waals surface area contributed by atoms with Gasteiger partial charge in [0.05, 0.1) is 7.11 Å². The Morgan fingerprint density at radius 2 is 1.96 bits per heavy atom. The van der Waals surface area contributed by atoms with E-state index in [1.807, 2.05) is 39.0 Å². The van der Waals surface area contributed by atoms with Crippen molar-refractivity contribution in [2.24, 2.45) is 0 Å². The van der Waals surface area contributed by atoms with Crippen molar-refractivity contribution in [3.63, 3.8) is 0 Å². The Labute approximate surface area is 134 Å². The summed E-state index contributed by atoms with van der Waals surface area (Å²) in [5.41, 5.74) is 1.74. The Hall–Kier alpha value is -2.76. The fourth-order valence-electron chi connectivity index (χ4n) is 1.97. The lowest BCUT2D eigenvalue weighted by atomic mass is 10.2. The Morgan fingerprint density at radius 3 is 2.61 bits per heavy atom. The normalized spacial score (nSPS) is 11.7. The van der Waals surface area contributed by atoms with Crippen LogP contribution in [0.2, 0.25) is 0 Å². The van der Waals surface area contributed by atoms with Gasteiger partial charge >= 0.3 is 12.1 Å². The molecule has 2 N–H and O–H groups in total. The number of H-pyrrole nitrogens is 1. The third-order valence-corrected chi connectivity index (χ3v) is 2.89. The molecule has 1 aromatic carbocycles. The molecule has 1 amide bonds. The van der Waals surface area contributed by atoms with Crippen molar-refractivity contribution in [3.8, 4) is 0 Å². The number of hydrogen-bond donors (Lipinski definition) is 2. The largest absolute Gasteiger partial charge is 0.466 e. The highest BCUT2D eigenvalue weighted by molar-refractivity contribution is 5.92. The van der Waals surface area contributed by atoms with E-state index in [1.165, 1.54) is 13.2 Å². The second kappa shape index (κ2) is 6.56. The lowest BCUT2D eigenvalue weighted by Gasteiger charge is -2.19. The van der Waals surface area contributed by atoms with Crippen LogP contribution in [0.25, 0.3) is 17.0 Å². The van der Waals surface area contributed by atoms with E-state index in [2.05, 4.69) is 15.0 Å². The minimum Gasteiger partial charge on any atom is -0.466 e. The Balaban J connectivity index is 2.14. The number of ether oxygens (including phenoxy) is 2. The van der Waals surface area contributed by atoms with E-state index in [1.54, 1.807) is 12.1 Å². The number of hydrogen-bond acceptors (Lipinski definition) is 4. The molecule has 2 rings (SSSR count). The molecule has 6 heteroatoms. The zero-order valence-corrected chi connectivity index (χ0v) is 13.6. The Kier molecular flexibility index (Phi) is 4.74. The molecule has 0 saturated carbocycles. The van der Waals surface area contributed by atoms with Gasteiger partial charge in [-0.1, -0.05) is 0 Å². The SMILES string of the molecule is COC(=O)C=Cc1cc2cc(NC(=O)OC(C)(C)C)ccc2[nH]1. The van der Waals surface area contributed by atoms with Gasteiger partial charge in [0.15, 0.2) is 0 Å². The van der Waals surface area contributed by atoms with E-state index >= 15 is 0 Å². The first-order valence-electron chi connectivity index (χ1n) is 7.15. The lowest BCUT2D eigenvalue weighted by Crippen LogP contribution is -2.27. The summed E-state index contributed by atoms with van der Waals surface area (Å²) < 4.78 is 9.76. The molecule has 23 heavy (non-hydrogen) atoms. The molecular weight excluding hydrogens is 296 g/mol. The summed E-state index contributed by atoms with van der Waals surface area (Å²) in [5, 5.41) is 3.60. The van der Waals surface area contributed by atoms with Gasteiger partial charge in [-0.05, 0) is 51.1 Å². The van der Waals surface area contributed by atoms with Crippen molar-refractivity contribution >= 4 is 34.7 Å². The maximum atomic E-state index is 11.8. The van der Waals surface area contributed by atoms with E-state index < -0.39 is 17.7 Å². The molecule has 0 aliphatic heterocycles. The predicted octanol–water partition coefficient (Wildman–Crippen LogP) is 3.70. The summed E-state index contributed by atoms with van der Waals surface area (Å²) in [4.78, 5) is 26.0. The number of anilines is 1. The lowest BCUT2D eigenvalue weighted by molar-refractivity contribution is -0.134. The fraction of sp³-hybridized carbons (Fsp3) is 0.294. The number of carbonyl (C=O) groups excluding carboxylic acids is 2. The molecule has 2 aromatic rings. The highest BCUT2D eigenvalue weighted by Gasteiger charge is 2.16. The van der Waals surface area contributed by atoms with Crippen molar-refractivity contribution < 1.29 is 19.1 Å². The first kappa shape index (κ1) is 16.6.